The number of carboxylic acids is 1. The van der Waals surface area contributed by atoms with E-state index in [1.165, 1.54) is 6.42 Å². The van der Waals surface area contributed by atoms with Gasteiger partial charge in [-0.15, -0.1) is 0 Å². The average molecular weight is 306 g/mol. The molecule has 2 bridgehead atoms. The Morgan fingerprint density at radius 2 is 1.68 bits per heavy atom. The van der Waals surface area contributed by atoms with Crippen molar-refractivity contribution in [2.24, 2.45) is 35.0 Å². The molecule has 0 aliphatic heterocycles. The third-order valence-corrected chi connectivity index (χ3v) is 6.22. The van der Waals surface area contributed by atoms with Crippen molar-refractivity contribution >= 4 is 11.9 Å². The molecule has 0 aromatic carbocycles. The van der Waals surface area contributed by atoms with E-state index >= 15 is 0 Å². The molecule has 1 N–H and O–H groups in total. The Morgan fingerprint density at radius 1 is 1.05 bits per heavy atom. The molecule has 0 saturated heterocycles. The summed E-state index contributed by atoms with van der Waals surface area (Å²) in [6.07, 6.45) is 6.02. The molecule has 3 rings (SSSR count). The van der Waals surface area contributed by atoms with E-state index in [0.717, 1.165) is 32.1 Å². The zero-order valence-corrected chi connectivity index (χ0v) is 13.9. The highest BCUT2D eigenvalue weighted by atomic mass is 16.4. The number of aliphatic carboxylic acids is 1. The normalized spacial score (nSPS) is 43.0. The van der Waals surface area contributed by atoms with Gasteiger partial charge in [-0.05, 0) is 61.7 Å². The molecule has 124 valence electrons. The fourth-order valence-electron chi connectivity index (χ4n) is 5.76. The van der Waals surface area contributed by atoms with Gasteiger partial charge in [0.15, 0.2) is 0 Å². The average Bonchev–Trinajstić information content (AvgIpc) is 2.95. The van der Waals surface area contributed by atoms with Gasteiger partial charge in [-0.25, -0.2) is 0 Å². The lowest BCUT2D eigenvalue weighted by Gasteiger charge is -2.40. The van der Waals surface area contributed by atoms with E-state index in [9.17, 15) is 14.7 Å². The van der Waals surface area contributed by atoms with E-state index in [2.05, 4.69) is 26.1 Å². The van der Waals surface area contributed by atoms with E-state index in [1.54, 1.807) is 0 Å². The molecule has 6 atom stereocenters. The van der Waals surface area contributed by atoms with Crippen molar-refractivity contribution in [3.05, 3.63) is 0 Å². The van der Waals surface area contributed by atoms with Crippen molar-refractivity contribution < 1.29 is 14.7 Å². The molecule has 4 heteroatoms. The molecule has 0 heterocycles. The van der Waals surface area contributed by atoms with Gasteiger partial charge in [0, 0.05) is 23.8 Å². The van der Waals surface area contributed by atoms with Crippen LogP contribution < -0.4 is 10.4 Å². The lowest BCUT2D eigenvalue weighted by molar-refractivity contribution is -0.314. The molecule has 22 heavy (non-hydrogen) atoms. The first-order valence-electron chi connectivity index (χ1n) is 8.78. The maximum absolute atomic E-state index is 12.7. The third-order valence-electron chi connectivity index (χ3n) is 6.22. The highest BCUT2D eigenvalue weighted by Crippen LogP contribution is 2.52. The van der Waals surface area contributed by atoms with Crippen LogP contribution in [-0.2, 0) is 9.59 Å². The maximum atomic E-state index is 12.7. The summed E-state index contributed by atoms with van der Waals surface area (Å²) in [6.45, 7) is 6.74. The van der Waals surface area contributed by atoms with Crippen LogP contribution in [0.4, 0.5) is 0 Å². The SMILES string of the molecule is C[C@H]1C[C@H](NC(=O)[C@@H]2[C@@H]3CC[C@@H](C3)[C@@H]2C(=O)[O-])CC(C)(C)C1. The predicted molar refractivity (Wildman–Crippen MR) is 81.5 cm³/mol. The first-order chi connectivity index (χ1) is 10.3. The molecule has 1 amide bonds. The van der Waals surface area contributed by atoms with Crippen LogP contribution >= 0.6 is 0 Å². The highest BCUT2D eigenvalue weighted by Gasteiger charge is 2.51. The Kier molecular flexibility index (Phi) is 3.98. The quantitative estimate of drug-likeness (QED) is 0.863. The minimum absolute atomic E-state index is 0.0312. The number of amides is 1. The second-order valence-corrected chi connectivity index (χ2v) is 8.82. The van der Waals surface area contributed by atoms with Gasteiger partial charge in [0.2, 0.25) is 5.91 Å². The van der Waals surface area contributed by atoms with Crippen molar-refractivity contribution in [2.45, 2.75) is 65.3 Å². The second-order valence-electron chi connectivity index (χ2n) is 8.82. The van der Waals surface area contributed by atoms with E-state index < -0.39 is 11.9 Å². The topological polar surface area (TPSA) is 69.2 Å². The molecule has 3 saturated carbocycles. The standard InChI is InChI=1S/C18H29NO3/c1-10-6-13(9-18(2,3)8-10)19-16(20)14-11-4-5-12(7-11)15(14)17(21)22/h10-15H,4-9H2,1-3H3,(H,19,20)(H,21,22)/p-1/t10-,11+,12-,13-,14+,15-/m0/s1. The molecular weight excluding hydrogens is 278 g/mol. The van der Waals surface area contributed by atoms with Crippen LogP contribution in [0.2, 0.25) is 0 Å². The van der Waals surface area contributed by atoms with Crippen molar-refractivity contribution in [3.8, 4) is 0 Å². The van der Waals surface area contributed by atoms with Crippen LogP contribution in [0.1, 0.15) is 59.3 Å². The maximum Gasteiger partial charge on any atom is 0.224 e. The molecule has 0 aromatic rings. The fourth-order valence-corrected chi connectivity index (χ4v) is 5.76. The van der Waals surface area contributed by atoms with Crippen LogP contribution in [-0.4, -0.2) is 17.9 Å². The Balaban J connectivity index is 1.68. The van der Waals surface area contributed by atoms with Crippen LogP contribution in [0.3, 0.4) is 0 Å². The minimum Gasteiger partial charge on any atom is -0.550 e. The number of rotatable bonds is 3. The van der Waals surface area contributed by atoms with Crippen molar-refractivity contribution in [1.82, 2.24) is 5.32 Å². The fraction of sp³-hybridized carbons (Fsp3) is 0.889. The molecule has 4 nitrogen and oxygen atoms in total. The molecule has 0 spiro atoms. The molecule has 0 radical (unpaired) electrons. The summed E-state index contributed by atoms with van der Waals surface area (Å²) in [5.41, 5.74) is 0.248. The van der Waals surface area contributed by atoms with Gasteiger partial charge in [-0.3, -0.25) is 4.79 Å². The van der Waals surface area contributed by atoms with Gasteiger partial charge in [-0.1, -0.05) is 20.8 Å². The number of hydrogen-bond donors (Lipinski definition) is 1. The number of nitrogens with one attached hydrogen (secondary N) is 1. The molecule has 0 unspecified atom stereocenters. The Morgan fingerprint density at radius 3 is 2.27 bits per heavy atom. The lowest BCUT2D eigenvalue weighted by Crippen LogP contribution is -2.50. The zero-order valence-electron chi connectivity index (χ0n) is 13.9. The Labute approximate surface area is 133 Å². The number of fused-ring (bicyclic) bond motifs is 2. The predicted octanol–water partition coefficient (Wildman–Crippen LogP) is 1.73. The Bertz CT molecular complexity index is 473. The Hall–Kier alpha value is -1.06. The second kappa shape index (κ2) is 5.54. The first-order valence-corrected chi connectivity index (χ1v) is 8.78. The summed E-state index contributed by atoms with van der Waals surface area (Å²) in [5.74, 6) is -0.960. The number of carboxylic acid groups (broad SMARTS) is 1. The van der Waals surface area contributed by atoms with E-state index in [0.29, 0.717) is 5.92 Å². The van der Waals surface area contributed by atoms with E-state index in [4.69, 9.17) is 0 Å². The van der Waals surface area contributed by atoms with Crippen LogP contribution in [0, 0.1) is 35.0 Å². The molecule has 3 fully saturated rings. The van der Waals surface area contributed by atoms with E-state index in [-0.39, 0.29) is 35.1 Å². The summed E-state index contributed by atoms with van der Waals surface area (Å²) < 4.78 is 0. The lowest BCUT2D eigenvalue weighted by atomic mass is 9.70. The van der Waals surface area contributed by atoms with Gasteiger partial charge in [0.25, 0.3) is 0 Å². The first kappa shape index (κ1) is 15.8. The largest absolute Gasteiger partial charge is 0.550 e. The minimum atomic E-state index is -1.02. The van der Waals surface area contributed by atoms with Gasteiger partial charge >= 0.3 is 0 Å². The summed E-state index contributed by atoms with van der Waals surface area (Å²) in [4.78, 5) is 24.2. The van der Waals surface area contributed by atoms with Gasteiger partial charge in [0.1, 0.15) is 0 Å². The van der Waals surface area contributed by atoms with Gasteiger partial charge in [0.05, 0.1) is 0 Å². The van der Waals surface area contributed by atoms with E-state index in [1.807, 2.05) is 0 Å². The smallest absolute Gasteiger partial charge is 0.224 e. The van der Waals surface area contributed by atoms with Gasteiger partial charge in [-0.2, -0.15) is 0 Å². The zero-order chi connectivity index (χ0) is 16.1. The summed E-state index contributed by atoms with van der Waals surface area (Å²) in [5, 5.41) is 14.6. The van der Waals surface area contributed by atoms with Crippen LogP contribution in [0.25, 0.3) is 0 Å². The third kappa shape index (κ3) is 2.89. The summed E-state index contributed by atoms with van der Waals surface area (Å²) in [7, 11) is 0. The number of carbonyl (C=O) groups excluding carboxylic acids is 2. The van der Waals surface area contributed by atoms with Crippen molar-refractivity contribution in [1.29, 1.82) is 0 Å². The van der Waals surface area contributed by atoms with Crippen molar-refractivity contribution in [3.63, 3.8) is 0 Å². The number of carbonyl (C=O) groups is 2. The van der Waals surface area contributed by atoms with Crippen LogP contribution in [0.15, 0.2) is 0 Å². The highest BCUT2D eigenvalue weighted by molar-refractivity contribution is 5.85. The summed E-state index contributed by atoms with van der Waals surface area (Å²) in [6, 6.07) is 0.188. The number of hydrogen-bond acceptors (Lipinski definition) is 3. The molecule has 3 aliphatic rings. The van der Waals surface area contributed by atoms with Crippen LogP contribution in [0.5, 0.6) is 0 Å². The molecule has 3 aliphatic carbocycles. The summed E-state index contributed by atoms with van der Waals surface area (Å²) >= 11 is 0. The van der Waals surface area contributed by atoms with Crippen molar-refractivity contribution in [2.75, 3.05) is 0 Å². The van der Waals surface area contributed by atoms with Gasteiger partial charge < -0.3 is 15.2 Å². The molecular formula is C18H28NO3-. The molecule has 0 aromatic heterocycles. The monoisotopic (exact) mass is 306 g/mol.